The highest BCUT2D eigenvalue weighted by Crippen LogP contribution is 2.29. The van der Waals surface area contributed by atoms with E-state index in [0.29, 0.717) is 43.4 Å². The number of carbonyl (C=O) groups excluding carboxylic acids is 4. The van der Waals surface area contributed by atoms with Crippen molar-refractivity contribution in [2.24, 2.45) is 13.0 Å². The van der Waals surface area contributed by atoms with E-state index >= 15 is 0 Å². The van der Waals surface area contributed by atoms with Crippen molar-refractivity contribution in [1.82, 2.24) is 25.0 Å². The van der Waals surface area contributed by atoms with Gasteiger partial charge in [0.25, 0.3) is 5.91 Å². The minimum Gasteiger partial charge on any atom is -0.343 e. The first-order valence-electron chi connectivity index (χ1n) is 13.1. The lowest BCUT2D eigenvalue weighted by Gasteiger charge is -2.39. The fourth-order valence-electron chi connectivity index (χ4n) is 5.56. The van der Waals surface area contributed by atoms with Crippen molar-refractivity contribution in [2.45, 2.75) is 51.1 Å². The zero-order valence-corrected chi connectivity index (χ0v) is 23.0. The second-order valence-corrected chi connectivity index (χ2v) is 10.1. The predicted octanol–water partition coefficient (Wildman–Crippen LogP) is 2.51. The molecule has 1 aliphatic heterocycles. The standard InChI is InChI=1S/C27H36FN5O4.ClH/c1-17(29-2)25(35)30-23(18-7-5-4-6-8-18)26(36)32-11-13-33(14-12-32)27(37)24-21(16-34)20-15-19(28)9-10-22(20)31(24)3;/h9-10,15-18,23,29H,4-8,11-14H2,1-3H3,(H,30,35);1H. The van der Waals surface area contributed by atoms with Crippen LogP contribution in [0.5, 0.6) is 0 Å². The number of amides is 3. The Kier molecular flexibility index (Phi) is 9.89. The van der Waals surface area contributed by atoms with Gasteiger partial charge in [0.2, 0.25) is 11.8 Å². The summed E-state index contributed by atoms with van der Waals surface area (Å²) >= 11 is 0. The number of benzene rings is 1. The van der Waals surface area contributed by atoms with Crippen molar-refractivity contribution >= 4 is 47.3 Å². The van der Waals surface area contributed by atoms with Crippen LogP contribution in [0.15, 0.2) is 18.2 Å². The molecule has 0 bridgehead atoms. The van der Waals surface area contributed by atoms with Crippen molar-refractivity contribution in [1.29, 1.82) is 0 Å². The normalized spacial score (nSPS) is 18.0. The van der Waals surface area contributed by atoms with Gasteiger partial charge in [-0.2, -0.15) is 0 Å². The molecule has 2 atom stereocenters. The topological polar surface area (TPSA) is 104 Å². The first kappa shape index (κ1) is 29.6. The molecule has 1 saturated heterocycles. The third-order valence-electron chi connectivity index (χ3n) is 7.91. The van der Waals surface area contributed by atoms with Gasteiger partial charge in [0.1, 0.15) is 17.6 Å². The number of aldehydes is 1. The van der Waals surface area contributed by atoms with Gasteiger partial charge in [0.15, 0.2) is 6.29 Å². The van der Waals surface area contributed by atoms with Crippen LogP contribution >= 0.6 is 12.4 Å². The lowest BCUT2D eigenvalue weighted by molar-refractivity contribution is -0.140. The molecule has 2 heterocycles. The molecule has 2 aliphatic rings. The highest BCUT2D eigenvalue weighted by atomic mass is 35.5. The van der Waals surface area contributed by atoms with E-state index in [2.05, 4.69) is 10.6 Å². The number of aryl methyl sites for hydroxylation is 1. The van der Waals surface area contributed by atoms with Crippen LogP contribution in [-0.4, -0.2) is 83.7 Å². The van der Waals surface area contributed by atoms with Crippen LogP contribution in [0.25, 0.3) is 10.9 Å². The summed E-state index contributed by atoms with van der Waals surface area (Å²) in [5, 5.41) is 6.31. The number of rotatable bonds is 7. The van der Waals surface area contributed by atoms with Crippen LogP contribution in [0.2, 0.25) is 0 Å². The minimum atomic E-state index is -0.583. The number of aromatic nitrogens is 1. The van der Waals surface area contributed by atoms with Crippen molar-refractivity contribution in [3.63, 3.8) is 0 Å². The summed E-state index contributed by atoms with van der Waals surface area (Å²) in [4.78, 5) is 54.9. The Bertz CT molecular complexity index is 1190. The Hall–Kier alpha value is -2.98. The Morgan fingerprint density at radius 1 is 1.05 bits per heavy atom. The summed E-state index contributed by atoms with van der Waals surface area (Å²) in [5.41, 5.74) is 0.977. The average molecular weight is 550 g/mol. The first-order valence-corrected chi connectivity index (χ1v) is 13.1. The monoisotopic (exact) mass is 549 g/mol. The molecule has 1 aromatic carbocycles. The summed E-state index contributed by atoms with van der Waals surface area (Å²) in [5.74, 6) is -1.01. The summed E-state index contributed by atoms with van der Waals surface area (Å²) in [6.45, 7) is 3.03. The third kappa shape index (κ3) is 5.86. The molecule has 9 nitrogen and oxygen atoms in total. The smallest absolute Gasteiger partial charge is 0.271 e. The maximum Gasteiger partial charge on any atom is 0.271 e. The van der Waals surface area contributed by atoms with E-state index in [1.54, 1.807) is 41.5 Å². The zero-order valence-electron chi connectivity index (χ0n) is 22.2. The van der Waals surface area contributed by atoms with E-state index in [9.17, 15) is 23.6 Å². The fraction of sp³-hybridized carbons (Fsp3) is 0.556. The molecule has 4 rings (SSSR count). The van der Waals surface area contributed by atoms with Gasteiger partial charge in [-0.05, 0) is 50.9 Å². The van der Waals surface area contributed by atoms with Crippen molar-refractivity contribution in [3.05, 3.63) is 35.3 Å². The van der Waals surface area contributed by atoms with Gasteiger partial charge in [-0.1, -0.05) is 19.3 Å². The van der Waals surface area contributed by atoms with Gasteiger partial charge in [0, 0.05) is 44.1 Å². The van der Waals surface area contributed by atoms with Gasteiger partial charge in [-0.25, -0.2) is 4.39 Å². The van der Waals surface area contributed by atoms with Crippen LogP contribution in [0.1, 0.15) is 59.9 Å². The van der Waals surface area contributed by atoms with Crippen LogP contribution in [0.4, 0.5) is 4.39 Å². The Morgan fingerprint density at radius 3 is 2.29 bits per heavy atom. The van der Waals surface area contributed by atoms with E-state index in [4.69, 9.17) is 0 Å². The largest absolute Gasteiger partial charge is 0.343 e. The second kappa shape index (κ2) is 12.7. The van der Waals surface area contributed by atoms with Crippen molar-refractivity contribution < 1.29 is 23.6 Å². The maximum absolute atomic E-state index is 13.8. The number of hydrogen-bond donors (Lipinski definition) is 2. The quantitative estimate of drug-likeness (QED) is 0.517. The molecular formula is C27H37ClFN5O4. The molecule has 2 fully saturated rings. The highest BCUT2D eigenvalue weighted by molar-refractivity contribution is 6.10. The Labute approximate surface area is 228 Å². The Balaban J connectivity index is 0.00000400. The number of piperazine rings is 1. The van der Waals surface area contributed by atoms with Gasteiger partial charge in [-0.15, -0.1) is 12.4 Å². The van der Waals surface area contributed by atoms with Gasteiger partial charge in [0.05, 0.1) is 11.6 Å². The molecule has 1 saturated carbocycles. The molecule has 2 aromatic rings. The molecule has 2 unspecified atom stereocenters. The predicted molar refractivity (Wildman–Crippen MR) is 145 cm³/mol. The fourth-order valence-corrected chi connectivity index (χ4v) is 5.56. The van der Waals surface area contributed by atoms with Crippen molar-refractivity contribution in [2.75, 3.05) is 33.2 Å². The van der Waals surface area contributed by atoms with E-state index < -0.39 is 17.9 Å². The lowest BCUT2D eigenvalue weighted by atomic mass is 9.83. The molecule has 11 heteroatoms. The summed E-state index contributed by atoms with van der Waals surface area (Å²) < 4.78 is 15.4. The average Bonchev–Trinajstić information content (AvgIpc) is 3.21. The molecule has 1 aliphatic carbocycles. The van der Waals surface area contributed by atoms with Crippen LogP contribution in [-0.2, 0) is 16.6 Å². The van der Waals surface area contributed by atoms with Crippen LogP contribution in [0.3, 0.4) is 0 Å². The molecule has 2 N–H and O–H groups in total. The molecule has 208 valence electrons. The van der Waals surface area contributed by atoms with Gasteiger partial charge >= 0.3 is 0 Å². The molecule has 0 spiro atoms. The van der Waals surface area contributed by atoms with Gasteiger partial charge in [-0.3, -0.25) is 19.2 Å². The molecule has 38 heavy (non-hydrogen) atoms. The minimum absolute atomic E-state index is 0. The Morgan fingerprint density at radius 2 is 1.68 bits per heavy atom. The van der Waals surface area contributed by atoms with E-state index in [1.165, 1.54) is 12.1 Å². The number of nitrogens with one attached hydrogen (secondary N) is 2. The van der Waals surface area contributed by atoms with Gasteiger partial charge < -0.3 is 25.0 Å². The summed E-state index contributed by atoms with van der Waals surface area (Å²) in [6.07, 6.45) is 5.63. The molecule has 0 radical (unpaired) electrons. The molecular weight excluding hydrogens is 513 g/mol. The van der Waals surface area contributed by atoms with Crippen LogP contribution < -0.4 is 10.6 Å². The van der Waals surface area contributed by atoms with E-state index in [-0.39, 0.29) is 47.3 Å². The molecule has 3 amide bonds. The highest BCUT2D eigenvalue weighted by Gasteiger charge is 2.36. The summed E-state index contributed by atoms with van der Waals surface area (Å²) in [7, 11) is 3.39. The number of fused-ring (bicyclic) bond motifs is 1. The molecule has 1 aromatic heterocycles. The third-order valence-corrected chi connectivity index (χ3v) is 7.91. The number of carbonyl (C=O) groups is 4. The zero-order chi connectivity index (χ0) is 26.7. The SMILES string of the molecule is CNC(C)C(=O)NC(C(=O)N1CCN(C(=O)c2c(C=O)c3cc(F)ccc3n2C)CC1)C1CCCCC1.Cl. The maximum atomic E-state index is 13.8. The number of halogens is 2. The van der Waals surface area contributed by atoms with Crippen LogP contribution in [0, 0.1) is 11.7 Å². The lowest BCUT2D eigenvalue weighted by Crippen LogP contribution is -2.59. The second-order valence-electron chi connectivity index (χ2n) is 10.1. The van der Waals surface area contributed by atoms with E-state index in [0.717, 1.165) is 32.1 Å². The summed E-state index contributed by atoms with van der Waals surface area (Å²) in [6, 6.07) is 3.13. The number of nitrogens with zero attached hydrogens (tertiary/aromatic N) is 3. The van der Waals surface area contributed by atoms with E-state index in [1.807, 2.05) is 0 Å². The van der Waals surface area contributed by atoms with Crippen molar-refractivity contribution in [3.8, 4) is 0 Å². The number of likely N-dealkylation sites (N-methyl/N-ethyl adjacent to an activating group) is 1. The number of hydrogen-bond acceptors (Lipinski definition) is 5. The first-order chi connectivity index (χ1) is 17.8.